The minimum atomic E-state index is -3.38. The summed E-state index contributed by atoms with van der Waals surface area (Å²) in [5.74, 6) is 0.672. The Morgan fingerprint density at radius 3 is 1.24 bits per heavy atom. The predicted molar refractivity (Wildman–Crippen MR) is 109 cm³/mol. The fraction of sp³-hybridized carbons (Fsp3) is 0.810. The molecular weight excluding hydrogens is 473 g/mol. The molecule has 0 aromatic rings. The first-order valence-corrected chi connectivity index (χ1v) is 17.2. The molecule has 0 fully saturated rings. The molecule has 0 radical (unpaired) electrons. The van der Waals surface area contributed by atoms with Crippen LogP contribution in [0.2, 0.25) is 3.17 Å². The van der Waals surface area contributed by atoms with Crippen LogP contribution < -0.4 is 0 Å². The average Bonchev–Trinajstić information content (AvgIpc) is 3.14. The van der Waals surface area contributed by atoms with Crippen LogP contribution in [0.5, 0.6) is 0 Å². The topological polar surface area (TPSA) is 9.72 Å². The molecule has 146 valence electrons. The quantitative estimate of drug-likeness (QED) is 0.329. The van der Waals surface area contributed by atoms with Crippen molar-refractivity contribution in [2.45, 2.75) is 65.0 Å². The van der Waals surface area contributed by atoms with E-state index in [9.17, 15) is 0 Å². The fourth-order valence-electron chi connectivity index (χ4n) is 5.12. The van der Waals surface area contributed by atoms with Gasteiger partial charge in [0, 0.05) is 0 Å². The van der Waals surface area contributed by atoms with Crippen LogP contribution in [0.25, 0.3) is 0 Å². The number of nitrogens with zero attached hydrogens (tertiary/aromatic N) is 3. The average molecular weight is 516 g/mol. The molecule has 1 aliphatic rings. The molecule has 0 N–H and O–H groups in total. The van der Waals surface area contributed by atoms with Crippen molar-refractivity contribution in [1.82, 2.24) is 8.66 Å². The molecule has 0 bridgehead atoms. The third kappa shape index (κ3) is 3.79. The van der Waals surface area contributed by atoms with Gasteiger partial charge in [0.25, 0.3) is 0 Å². The number of hydrogen-bond donors (Lipinski definition) is 0. The summed E-state index contributed by atoms with van der Waals surface area (Å²) in [6, 6.07) is 0. The molecule has 4 heteroatoms. The van der Waals surface area contributed by atoms with E-state index in [1.807, 2.05) is 0 Å². The van der Waals surface area contributed by atoms with E-state index in [0.29, 0.717) is 5.92 Å². The summed E-state index contributed by atoms with van der Waals surface area (Å²) in [6.45, 7) is 26.0. The SMILES string of the molecule is CCC(C)[C]1([Hf]([N](CC)CC)([N](CC)CC)[N](CC)CC)C=CC=C1. The van der Waals surface area contributed by atoms with Crippen molar-refractivity contribution < 1.29 is 20.8 Å². The van der Waals surface area contributed by atoms with Gasteiger partial charge in [0.1, 0.15) is 0 Å². The second-order valence-corrected chi connectivity index (χ2v) is 21.6. The van der Waals surface area contributed by atoms with E-state index in [2.05, 4.69) is 88.4 Å². The Morgan fingerprint density at radius 1 is 0.680 bits per heavy atom. The fourth-order valence-corrected chi connectivity index (χ4v) is 30.2. The van der Waals surface area contributed by atoms with Crippen molar-refractivity contribution in [2.24, 2.45) is 5.92 Å². The maximum absolute atomic E-state index is 3.38. The van der Waals surface area contributed by atoms with Crippen molar-refractivity contribution in [2.75, 3.05) is 39.3 Å². The van der Waals surface area contributed by atoms with Crippen molar-refractivity contribution in [3.8, 4) is 0 Å². The number of rotatable bonds is 12. The first-order valence-electron chi connectivity index (χ1n) is 10.6. The number of hydrogen-bond acceptors (Lipinski definition) is 3. The molecule has 1 aliphatic carbocycles. The van der Waals surface area contributed by atoms with Gasteiger partial charge in [-0.15, -0.1) is 0 Å². The van der Waals surface area contributed by atoms with Gasteiger partial charge >= 0.3 is 164 Å². The zero-order chi connectivity index (χ0) is 19.1. The van der Waals surface area contributed by atoms with Gasteiger partial charge in [0.15, 0.2) is 0 Å². The molecule has 25 heavy (non-hydrogen) atoms. The molecule has 0 aromatic heterocycles. The van der Waals surface area contributed by atoms with Crippen LogP contribution in [0.15, 0.2) is 24.3 Å². The Kier molecular flexibility index (Phi) is 9.81. The maximum atomic E-state index is 2.93. The van der Waals surface area contributed by atoms with Crippen LogP contribution in [0, 0.1) is 5.92 Å². The third-order valence-electron chi connectivity index (χ3n) is 6.48. The Labute approximate surface area is 163 Å². The van der Waals surface area contributed by atoms with Crippen LogP contribution in [0.4, 0.5) is 0 Å². The first kappa shape index (κ1) is 23.3. The van der Waals surface area contributed by atoms with Crippen LogP contribution in [-0.4, -0.2) is 47.9 Å². The molecule has 0 saturated heterocycles. The second kappa shape index (κ2) is 10.5. The molecule has 1 rings (SSSR count). The Balaban J connectivity index is 3.84. The summed E-state index contributed by atoms with van der Waals surface area (Å²) in [4.78, 5) is 0. The van der Waals surface area contributed by atoms with Gasteiger partial charge in [0.05, 0.1) is 0 Å². The van der Waals surface area contributed by atoms with Crippen molar-refractivity contribution in [3.05, 3.63) is 24.3 Å². The molecule has 1 atom stereocenters. The summed E-state index contributed by atoms with van der Waals surface area (Å²) in [5.41, 5.74) is 0. The van der Waals surface area contributed by atoms with E-state index in [-0.39, 0.29) is 3.17 Å². The molecule has 0 saturated carbocycles. The van der Waals surface area contributed by atoms with E-state index in [1.165, 1.54) is 6.42 Å². The van der Waals surface area contributed by atoms with Gasteiger partial charge in [-0.05, 0) is 0 Å². The summed E-state index contributed by atoms with van der Waals surface area (Å²) >= 11 is -3.38. The zero-order valence-corrected chi connectivity index (χ0v) is 21.8. The van der Waals surface area contributed by atoms with E-state index >= 15 is 0 Å². The van der Waals surface area contributed by atoms with Gasteiger partial charge < -0.3 is 0 Å². The van der Waals surface area contributed by atoms with Crippen LogP contribution in [0.3, 0.4) is 0 Å². The van der Waals surface area contributed by atoms with E-state index in [0.717, 1.165) is 39.3 Å². The van der Waals surface area contributed by atoms with E-state index in [1.54, 1.807) is 0 Å². The molecule has 0 heterocycles. The molecule has 0 amide bonds. The summed E-state index contributed by atoms with van der Waals surface area (Å²) < 4.78 is 9.02. The summed E-state index contributed by atoms with van der Waals surface area (Å²) in [7, 11) is 0. The monoisotopic (exact) mass is 517 g/mol. The second-order valence-electron chi connectivity index (χ2n) is 7.11. The number of allylic oxidation sites excluding steroid dienone is 4. The summed E-state index contributed by atoms with van der Waals surface area (Å²) in [5, 5.41) is 0. The molecule has 0 aliphatic heterocycles. The van der Waals surface area contributed by atoms with Crippen molar-refractivity contribution >= 4 is 0 Å². The van der Waals surface area contributed by atoms with Crippen LogP contribution in [-0.2, 0) is 20.8 Å². The standard InChI is InChI=1S/C9H13.3C4H10N.Hf/c1-3-8(2)9-6-4-5-7-9;3*1-3-5-4-2;/h4-8H,3H2,1-2H3;3*3-4H2,1-2H3;/q;3*-1;+3. The van der Waals surface area contributed by atoms with Gasteiger partial charge in [-0.1, -0.05) is 0 Å². The Hall–Kier alpha value is 0.230. The molecular formula is C21H43HfN3. The van der Waals surface area contributed by atoms with Crippen molar-refractivity contribution in [1.29, 1.82) is 0 Å². The minimum absolute atomic E-state index is 0.228. The Morgan fingerprint density at radius 2 is 1.00 bits per heavy atom. The van der Waals surface area contributed by atoms with Crippen molar-refractivity contribution in [3.63, 3.8) is 0 Å². The third-order valence-corrected chi connectivity index (χ3v) is 29.9. The molecule has 0 aromatic carbocycles. The van der Waals surface area contributed by atoms with Crippen LogP contribution >= 0.6 is 0 Å². The van der Waals surface area contributed by atoms with Gasteiger partial charge in [-0.25, -0.2) is 0 Å². The first-order chi connectivity index (χ1) is 12.0. The van der Waals surface area contributed by atoms with Gasteiger partial charge in [-0.3, -0.25) is 0 Å². The molecule has 0 spiro atoms. The van der Waals surface area contributed by atoms with Crippen LogP contribution in [0.1, 0.15) is 61.8 Å². The van der Waals surface area contributed by atoms with Gasteiger partial charge in [0.2, 0.25) is 0 Å². The predicted octanol–water partition coefficient (Wildman–Crippen LogP) is 5.24. The molecule has 3 nitrogen and oxygen atoms in total. The zero-order valence-electron chi connectivity index (χ0n) is 18.2. The molecule has 1 unspecified atom stereocenters. The van der Waals surface area contributed by atoms with Gasteiger partial charge in [-0.2, -0.15) is 0 Å². The summed E-state index contributed by atoms with van der Waals surface area (Å²) in [6.07, 6.45) is 11.1. The van der Waals surface area contributed by atoms with E-state index < -0.39 is 20.8 Å². The van der Waals surface area contributed by atoms with E-state index in [4.69, 9.17) is 0 Å². The normalized spacial score (nSPS) is 18.0. The Bertz CT molecular complexity index is 391.